The number of carbonyl (C=O) groups is 2. The monoisotopic (exact) mass is 850 g/mol. The van der Waals surface area contributed by atoms with Crippen molar-refractivity contribution < 1.29 is 72.6 Å². The van der Waals surface area contributed by atoms with Gasteiger partial charge in [-0.05, 0) is 115 Å². The third-order valence-corrected chi connectivity index (χ3v) is 7.89. The molecule has 4 N–H and O–H groups in total. The molecule has 0 amide bonds. The van der Waals surface area contributed by atoms with Gasteiger partial charge in [0.05, 0.1) is 33.5 Å². The Hall–Kier alpha value is -7.16. The maximum absolute atomic E-state index is 11.8. The third-order valence-electron chi connectivity index (χ3n) is 7.89. The minimum Gasteiger partial charge on any atom is -0.508 e. The van der Waals surface area contributed by atoms with Gasteiger partial charge in [0, 0.05) is 33.9 Å². The number of aryl methyl sites for hydroxylation is 5. The van der Waals surface area contributed by atoms with Gasteiger partial charge < -0.3 is 48.4 Å². The van der Waals surface area contributed by atoms with Gasteiger partial charge in [-0.15, -0.1) is 0 Å². The van der Waals surface area contributed by atoms with Crippen LogP contribution < -0.4 is 16.0 Å². The number of allylic oxidation sites excluding steroid dienone is 1. The van der Waals surface area contributed by atoms with Crippen molar-refractivity contribution in [1.29, 1.82) is 0 Å². The van der Waals surface area contributed by atoms with E-state index in [9.17, 15) is 24.3 Å². The van der Waals surface area contributed by atoms with Crippen LogP contribution in [-0.2, 0) is 29.0 Å². The van der Waals surface area contributed by atoms with Crippen LogP contribution in [0.1, 0.15) is 76.2 Å². The van der Waals surface area contributed by atoms with E-state index in [2.05, 4.69) is 21.8 Å². The highest BCUT2D eigenvalue weighted by atomic mass is 17.2. The number of aromatic carboxylic acids is 1. The second kappa shape index (κ2) is 24.7. The van der Waals surface area contributed by atoms with Crippen LogP contribution in [0.15, 0.2) is 72.9 Å². The molecule has 61 heavy (non-hydrogen) atoms. The highest BCUT2D eigenvalue weighted by Gasteiger charge is 2.18. The molecule has 0 aliphatic carbocycles. The average molecular weight is 851 g/mol. The van der Waals surface area contributed by atoms with E-state index in [-0.39, 0.29) is 46.3 Å². The molecule has 17 nitrogen and oxygen atoms in total. The Labute approximate surface area is 351 Å². The topological polar surface area (TPSA) is 240 Å². The molecule has 0 atom stereocenters. The first-order valence-electron chi connectivity index (χ1n) is 18.6. The van der Waals surface area contributed by atoms with Crippen LogP contribution >= 0.6 is 0 Å². The normalized spacial score (nSPS) is 10.4. The van der Waals surface area contributed by atoms with E-state index >= 15 is 0 Å². The van der Waals surface area contributed by atoms with E-state index in [1.807, 2.05) is 6.92 Å². The third kappa shape index (κ3) is 14.9. The average Bonchev–Trinajstić information content (AvgIpc) is 3.20. The Bertz CT molecular complexity index is 2450. The molecule has 5 aromatic rings. The second-order valence-electron chi connectivity index (χ2n) is 12.4. The molecule has 5 rings (SSSR count). The zero-order valence-electron chi connectivity index (χ0n) is 35.5. The summed E-state index contributed by atoms with van der Waals surface area (Å²) in [5, 5.41) is 37.5. The molecule has 0 aliphatic heterocycles. The zero-order chi connectivity index (χ0) is 45.8. The van der Waals surface area contributed by atoms with Crippen LogP contribution in [0.25, 0.3) is 21.9 Å². The number of hydrogen-bond acceptors (Lipinski definition) is 16. The summed E-state index contributed by atoms with van der Waals surface area (Å²) in [5.74, 6) is 1.60. The van der Waals surface area contributed by atoms with E-state index < -0.39 is 23.2 Å². The number of phenolic OH excluding ortho intramolecular Hbond substituents is 3. The van der Waals surface area contributed by atoms with Crippen molar-refractivity contribution in [3.05, 3.63) is 114 Å². The molecule has 2 heterocycles. The van der Waals surface area contributed by atoms with E-state index in [1.54, 1.807) is 79.7 Å². The molecule has 0 saturated carbocycles. The van der Waals surface area contributed by atoms with E-state index in [0.29, 0.717) is 58.6 Å². The lowest BCUT2D eigenvalue weighted by Crippen LogP contribution is -2.16. The lowest BCUT2D eigenvalue weighted by Gasteiger charge is -2.10. The lowest BCUT2D eigenvalue weighted by molar-refractivity contribution is -0.255. The number of hydrogen-bond donors (Lipinski definition) is 4. The smallest absolute Gasteiger partial charge is 0.351 e. The Balaban J connectivity index is 0.000000288. The second-order valence-corrected chi connectivity index (χ2v) is 12.4. The standard InChI is InChI=1S/C14H14O5.C13H12O5.C10H16O5.C7H8O2/c1-4-18-13(16)10-6-9-7(2)5-11(15)8(3)12(9)19-14(10)17;1-6-4-10(17-3)7(2)11-8(6)5-9(12(14)15)13(16)18-11;1-4-11-9-10(15-13-6-3)7-8-14-12-5-2;1-5-2-6(8)4-7(9)3-5/h5-6,15H,4H2,1-3H3;4-5H,1-3H3,(H,14,15);9H,4-6H2,1-3H3;2-4,8-9H,1H3/b;;10-9+;. The maximum Gasteiger partial charge on any atom is 0.351 e. The number of fused-ring (bicyclic) bond motifs is 2. The Morgan fingerprint density at radius 1 is 0.705 bits per heavy atom. The Morgan fingerprint density at radius 3 is 1.79 bits per heavy atom. The number of carboxylic acid groups (broad SMARTS) is 1. The fourth-order valence-corrected chi connectivity index (χ4v) is 5.05. The van der Waals surface area contributed by atoms with Gasteiger partial charge in [0.15, 0.2) is 6.11 Å². The molecular formula is C44H50O17. The SMILES string of the molecule is CCO/C=C(\C#COOCC)OOCC.CCOC(=O)c1cc2c(C)cc(O)c(C)c2oc1=O.COc1cc(C)c2cc(C(=O)O)c(=O)oc2c1C.Cc1cc(O)cc(O)c1. The highest BCUT2D eigenvalue weighted by molar-refractivity contribution is 5.95. The first kappa shape index (κ1) is 50.0. The Kier molecular flexibility index (Phi) is 20.2. The van der Waals surface area contributed by atoms with Gasteiger partial charge in [-0.1, -0.05) is 0 Å². The predicted molar refractivity (Wildman–Crippen MR) is 222 cm³/mol. The molecule has 0 radical (unpaired) electrons. The molecule has 0 aliphatic rings. The fraction of sp³-hybridized carbons (Fsp3) is 0.318. The predicted octanol–water partition coefficient (Wildman–Crippen LogP) is 7.58. The molecule has 17 heteroatoms. The first-order chi connectivity index (χ1) is 28.9. The van der Waals surface area contributed by atoms with Crippen molar-refractivity contribution in [2.45, 2.75) is 62.3 Å². The van der Waals surface area contributed by atoms with Gasteiger partial charge in [0.1, 0.15) is 51.6 Å². The highest BCUT2D eigenvalue weighted by Crippen LogP contribution is 2.31. The van der Waals surface area contributed by atoms with Crippen LogP contribution in [0.2, 0.25) is 0 Å². The van der Waals surface area contributed by atoms with Crippen molar-refractivity contribution in [1.82, 2.24) is 0 Å². The summed E-state index contributed by atoms with van der Waals surface area (Å²) in [6, 6.07) is 10.6. The zero-order valence-corrected chi connectivity index (χ0v) is 35.5. The molecule has 0 unspecified atom stereocenters. The maximum atomic E-state index is 11.8. The molecule has 0 fully saturated rings. The summed E-state index contributed by atoms with van der Waals surface area (Å²) in [7, 11) is 1.53. The minimum absolute atomic E-state index is 0.0528. The number of ether oxygens (including phenoxy) is 3. The van der Waals surface area contributed by atoms with Crippen molar-refractivity contribution in [2.24, 2.45) is 0 Å². The number of esters is 1. The number of phenols is 3. The summed E-state index contributed by atoms with van der Waals surface area (Å²) in [5.41, 5.74) is 2.03. The number of aromatic hydroxyl groups is 3. The van der Waals surface area contributed by atoms with Crippen LogP contribution in [0, 0.1) is 46.6 Å². The molecule has 328 valence electrons. The van der Waals surface area contributed by atoms with Crippen LogP contribution in [0.4, 0.5) is 0 Å². The number of carboxylic acids is 1. The minimum atomic E-state index is -1.29. The number of benzene rings is 3. The van der Waals surface area contributed by atoms with Gasteiger partial charge in [-0.2, -0.15) is 9.78 Å². The van der Waals surface area contributed by atoms with Crippen molar-refractivity contribution in [2.75, 3.05) is 33.5 Å². The van der Waals surface area contributed by atoms with Crippen molar-refractivity contribution in [3.63, 3.8) is 0 Å². The Morgan fingerprint density at radius 2 is 1.26 bits per heavy atom. The summed E-state index contributed by atoms with van der Waals surface area (Å²) >= 11 is 0. The molecule has 3 aromatic carbocycles. The lowest BCUT2D eigenvalue weighted by atomic mass is 10.0. The molecule has 0 saturated heterocycles. The van der Waals surface area contributed by atoms with Crippen LogP contribution in [0.3, 0.4) is 0 Å². The van der Waals surface area contributed by atoms with Crippen LogP contribution in [0.5, 0.6) is 23.0 Å². The van der Waals surface area contributed by atoms with Crippen molar-refractivity contribution >= 4 is 33.9 Å². The van der Waals surface area contributed by atoms with Gasteiger partial charge in [-0.25, -0.2) is 19.2 Å². The molecule has 0 spiro atoms. The largest absolute Gasteiger partial charge is 0.508 e. The van der Waals surface area contributed by atoms with Crippen LogP contribution in [-0.4, -0.2) is 65.9 Å². The number of methoxy groups -OCH3 is 1. The summed E-state index contributed by atoms with van der Waals surface area (Å²) in [6.07, 6.45) is 3.62. The van der Waals surface area contributed by atoms with Gasteiger partial charge in [-0.3, -0.25) is 4.89 Å². The number of carbonyl (C=O) groups excluding carboxylic acids is 1. The van der Waals surface area contributed by atoms with E-state index in [4.69, 9.17) is 48.1 Å². The summed E-state index contributed by atoms with van der Waals surface area (Å²) in [4.78, 5) is 64.4. The molecular weight excluding hydrogens is 800 g/mol. The first-order valence-corrected chi connectivity index (χ1v) is 18.6. The quantitative estimate of drug-likeness (QED) is 0.0190. The van der Waals surface area contributed by atoms with Gasteiger partial charge >= 0.3 is 23.2 Å². The fourth-order valence-electron chi connectivity index (χ4n) is 5.05. The van der Waals surface area contributed by atoms with Gasteiger partial charge in [0.25, 0.3) is 5.76 Å². The molecule has 2 aromatic heterocycles. The van der Waals surface area contributed by atoms with E-state index in [0.717, 1.165) is 11.1 Å². The molecule has 0 bridgehead atoms. The number of rotatable bonds is 11. The summed E-state index contributed by atoms with van der Waals surface area (Å²) < 4.78 is 25.2. The van der Waals surface area contributed by atoms with Crippen molar-refractivity contribution in [3.8, 4) is 35.0 Å². The summed E-state index contributed by atoms with van der Waals surface area (Å²) in [6.45, 7) is 17.4. The van der Waals surface area contributed by atoms with Gasteiger partial charge in [0.2, 0.25) is 0 Å². The van der Waals surface area contributed by atoms with E-state index in [1.165, 1.54) is 31.6 Å².